The Morgan fingerprint density at radius 3 is 2.48 bits per heavy atom. The van der Waals surface area contributed by atoms with Gasteiger partial charge in [-0.05, 0) is 25.2 Å². The molecule has 0 amide bonds. The highest BCUT2D eigenvalue weighted by Crippen LogP contribution is 2.43. The van der Waals surface area contributed by atoms with Gasteiger partial charge in [-0.3, -0.25) is 0 Å². The second-order valence-corrected chi connectivity index (χ2v) is 7.98. The molecule has 124 valence electrons. The minimum Gasteiger partial charge on any atom is -0.396 e. The van der Waals surface area contributed by atoms with E-state index >= 15 is 0 Å². The predicted molar refractivity (Wildman–Crippen MR) is 84.3 cm³/mol. The summed E-state index contributed by atoms with van der Waals surface area (Å²) < 4.78 is 11.4. The van der Waals surface area contributed by atoms with Gasteiger partial charge in [0, 0.05) is 43.2 Å². The van der Waals surface area contributed by atoms with E-state index in [4.69, 9.17) is 9.47 Å². The van der Waals surface area contributed by atoms with Crippen LogP contribution >= 0.6 is 0 Å². The molecule has 2 fully saturated rings. The number of nitrogens with one attached hydrogen (secondary N) is 1. The Balaban J connectivity index is 1.79. The molecule has 4 nitrogen and oxygen atoms in total. The fourth-order valence-corrected chi connectivity index (χ4v) is 3.36. The van der Waals surface area contributed by atoms with Crippen molar-refractivity contribution in [2.45, 2.75) is 59.1 Å². The van der Waals surface area contributed by atoms with Gasteiger partial charge < -0.3 is 19.9 Å². The van der Waals surface area contributed by atoms with Crippen molar-refractivity contribution in [2.75, 3.05) is 33.0 Å². The summed E-state index contributed by atoms with van der Waals surface area (Å²) in [5.41, 5.74) is 0.189. The van der Waals surface area contributed by atoms with Crippen LogP contribution in [0.15, 0.2) is 0 Å². The molecule has 1 saturated carbocycles. The van der Waals surface area contributed by atoms with Gasteiger partial charge in [-0.2, -0.15) is 0 Å². The Bertz CT molecular complexity index is 324. The van der Waals surface area contributed by atoms with Crippen LogP contribution < -0.4 is 5.32 Å². The molecule has 21 heavy (non-hydrogen) atoms. The summed E-state index contributed by atoms with van der Waals surface area (Å²) in [4.78, 5) is 0. The van der Waals surface area contributed by atoms with Crippen LogP contribution in [0.1, 0.15) is 47.0 Å². The van der Waals surface area contributed by atoms with Crippen molar-refractivity contribution < 1.29 is 14.6 Å². The SMILES string of the molecule is CC(C)COC1CC(NCC2(CO)CCOCC2)C1(C)C. The summed E-state index contributed by atoms with van der Waals surface area (Å²) >= 11 is 0. The fourth-order valence-electron chi connectivity index (χ4n) is 3.36. The first-order chi connectivity index (χ1) is 9.89. The number of hydrogen-bond acceptors (Lipinski definition) is 4. The summed E-state index contributed by atoms with van der Waals surface area (Å²) in [5, 5.41) is 13.4. The van der Waals surface area contributed by atoms with Crippen LogP contribution in [0, 0.1) is 16.7 Å². The molecule has 2 aliphatic rings. The minimum absolute atomic E-state index is 0.0121. The van der Waals surface area contributed by atoms with Crippen molar-refractivity contribution in [3.8, 4) is 0 Å². The number of hydrogen-bond donors (Lipinski definition) is 2. The van der Waals surface area contributed by atoms with Crippen molar-refractivity contribution in [1.29, 1.82) is 0 Å². The van der Waals surface area contributed by atoms with Gasteiger partial charge in [0.1, 0.15) is 0 Å². The normalized spacial score (nSPS) is 31.1. The molecule has 0 radical (unpaired) electrons. The van der Waals surface area contributed by atoms with Gasteiger partial charge in [0.25, 0.3) is 0 Å². The Morgan fingerprint density at radius 1 is 1.29 bits per heavy atom. The summed E-state index contributed by atoms with van der Waals surface area (Å²) in [6, 6.07) is 0.487. The van der Waals surface area contributed by atoms with Gasteiger partial charge in [0.2, 0.25) is 0 Å². The van der Waals surface area contributed by atoms with E-state index in [9.17, 15) is 5.11 Å². The number of aliphatic hydroxyl groups excluding tert-OH is 1. The smallest absolute Gasteiger partial charge is 0.0656 e. The van der Waals surface area contributed by atoms with E-state index in [0.717, 1.165) is 45.6 Å². The summed E-state index contributed by atoms with van der Waals surface area (Å²) in [5.74, 6) is 0.590. The zero-order valence-corrected chi connectivity index (χ0v) is 14.2. The molecule has 2 rings (SSSR count). The molecule has 2 N–H and O–H groups in total. The van der Waals surface area contributed by atoms with Crippen molar-refractivity contribution in [3.05, 3.63) is 0 Å². The Morgan fingerprint density at radius 2 is 1.95 bits per heavy atom. The van der Waals surface area contributed by atoms with Crippen LogP contribution in [-0.2, 0) is 9.47 Å². The zero-order chi connectivity index (χ0) is 15.5. The molecular formula is C17H33NO3. The average molecular weight is 299 g/mol. The van der Waals surface area contributed by atoms with E-state index in [1.165, 1.54) is 0 Å². The van der Waals surface area contributed by atoms with Crippen molar-refractivity contribution in [1.82, 2.24) is 5.32 Å². The minimum atomic E-state index is 0.0121. The largest absolute Gasteiger partial charge is 0.396 e. The zero-order valence-electron chi connectivity index (χ0n) is 14.2. The molecule has 0 aromatic rings. The average Bonchev–Trinajstić information content (AvgIpc) is 2.46. The maximum Gasteiger partial charge on any atom is 0.0656 e. The molecule has 1 aliphatic heterocycles. The maximum atomic E-state index is 9.75. The fraction of sp³-hybridized carbons (Fsp3) is 1.00. The van der Waals surface area contributed by atoms with Crippen LogP contribution in [0.4, 0.5) is 0 Å². The number of aliphatic hydroxyl groups is 1. The molecule has 0 aromatic heterocycles. The standard InChI is InChI=1S/C17H33NO3/c1-13(2)10-21-15-9-14(16(15,3)4)18-11-17(12-19)5-7-20-8-6-17/h13-15,18-19H,5-12H2,1-4H3. The third-order valence-corrected chi connectivity index (χ3v) is 5.42. The van der Waals surface area contributed by atoms with Crippen LogP contribution in [0.5, 0.6) is 0 Å². The predicted octanol–water partition coefficient (Wildman–Crippen LogP) is 2.20. The maximum absolute atomic E-state index is 9.75. The van der Waals surface area contributed by atoms with Gasteiger partial charge in [-0.25, -0.2) is 0 Å². The van der Waals surface area contributed by atoms with E-state index in [2.05, 4.69) is 33.0 Å². The quantitative estimate of drug-likeness (QED) is 0.757. The number of rotatable bonds is 7. The Hall–Kier alpha value is -0.160. The van der Waals surface area contributed by atoms with Crippen LogP contribution in [0.3, 0.4) is 0 Å². The van der Waals surface area contributed by atoms with Gasteiger partial charge in [-0.15, -0.1) is 0 Å². The van der Waals surface area contributed by atoms with Crippen LogP contribution in [-0.4, -0.2) is 50.2 Å². The van der Waals surface area contributed by atoms with E-state index in [-0.39, 0.29) is 17.4 Å². The monoisotopic (exact) mass is 299 g/mol. The lowest BCUT2D eigenvalue weighted by Gasteiger charge is -2.53. The first-order valence-electron chi connectivity index (χ1n) is 8.43. The molecule has 0 bridgehead atoms. The van der Waals surface area contributed by atoms with Gasteiger partial charge >= 0.3 is 0 Å². The molecular weight excluding hydrogens is 266 g/mol. The Kier molecular flexibility index (Phi) is 5.69. The first-order valence-corrected chi connectivity index (χ1v) is 8.43. The summed E-state index contributed by atoms with van der Waals surface area (Å²) in [6.07, 6.45) is 3.35. The lowest BCUT2D eigenvalue weighted by molar-refractivity contribution is -0.127. The molecule has 2 atom stereocenters. The lowest BCUT2D eigenvalue weighted by atomic mass is 9.64. The van der Waals surface area contributed by atoms with E-state index in [1.54, 1.807) is 0 Å². The molecule has 0 aromatic carbocycles. The second kappa shape index (κ2) is 6.95. The summed E-state index contributed by atoms with van der Waals surface area (Å²) in [7, 11) is 0. The molecule has 1 heterocycles. The topological polar surface area (TPSA) is 50.7 Å². The highest BCUT2D eigenvalue weighted by atomic mass is 16.5. The molecule has 4 heteroatoms. The Labute approximate surface area is 129 Å². The lowest BCUT2D eigenvalue weighted by Crippen LogP contribution is -2.62. The summed E-state index contributed by atoms with van der Waals surface area (Å²) in [6.45, 7) is 12.5. The van der Waals surface area contributed by atoms with Crippen LogP contribution in [0.2, 0.25) is 0 Å². The molecule has 1 saturated heterocycles. The van der Waals surface area contributed by atoms with Gasteiger partial charge in [0.05, 0.1) is 12.7 Å². The molecule has 0 spiro atoms. The van der Waals surface area contributed by atoms with Gasteiger partial charge in [-0.1, -0.05) is 27.7 Å². The van der Waals surface area contributed by atoms with Crippen LogP contribution in [0.25, 0.3) is 0 Å². The number of ether oxygens (including phenoxy) is 2. The third-order valence-electron chi connectivity index (χ3n) is 5.42. The van der Waals surface area contributed by atoms with Crippen molar-refractivity contribution in [2.24, 2.45) is 16.7 Å². The van der Waals surface area contributed by atoms with Crippen molar-refractivity contribution >= 4 is 0 Å². The highest BCUT2D eigenvalue weighted by Gasteiger charge is 2.49. The third kappa shape index (κ3) is 3.98. The highest BCUT2D eigenvalue weighted by molar-refractivity contribution is 5.03. The van der Waals surface area contributed by atoms with Crippen molar-refractivity contribution in [3.63, 3.8) is 0 Å². The van der Waals surface area contributed by atoms with E-state index in [0.29, 0.717) is 18.1 Å². The molecule has 1 aliphatic carbocycles. The van der Waals surface area contributed by atoms with E-state index < -0.39 is 0 Å². The molecule has 2 unspecified atom stereocenters. The van der Waals surface area contributed by atoms with Gasteiger partial charge in [0.15, 0.2) is 0 Å². The first kappa shape index (κ1) is 17.2. The van der Waals surface area contributed by atoms with E-state index in [1.807, 2.05) is 0 Å². The second-order valence-electron chi connectivity index (χ2n) is 7.98.